The Balaban J connectivity index is 1.81. The first-order valence-corrected chi connectivity index (χ1v) is 7.98. The summed E-state index contributed by atoms with van der Waals surface area (Å²) in [6, 6.07) is -0.119. The van der Waals surface area contributed by atoms with Crippen molar-refractivity contribution in [2.75, 3.05) is 19.8 Å². The van der Waals surface area contributed by atoms with E-state index in [1.54, 1.807) is 12.4 Å². The van der Waals surface area contributed by atoms with Gasteiger partial charge in [0.1, 0.15) is 11.1 Å². The molecule has 1 saturated heterocycles. The number of ether oxygens (including phenoxy) is 2. The zero-order valence-corrected chi connectivity index (χ0v) is 13.8. The Morgan fingerprint density at radius 1 is 1.61 bits per heavy atom. The fourth-order valence-electron chi connectivity index (χ4n) is 2.64. The predicted molar refractivity (Wildman–Crippen MR) is 84.8 cm³/mol. The van der Waals surface area contributed by atoms with Gasteiger partial charge in [0.2, 0.25) is 0 Å². The number of hydrogen-bond donors (Lipinski definition) is 1. The average molecular weight is 339 g/mol. The molecule has 1 amide bonds. The van der Waals surface area contributed by atoms with E-state index >= 15 is 0 Å². The molecule has 1 fully saturated rings. The lowest BCUT2D eigenvalue weighted by molar-refractivity contribution is -0.0633. The molecule has 0 aliphatic carbocycles. The Kier molecular flexibility index (Phi) is 4.79. The quantitative estimate of drug-likeness (QED) is 0.916. The van der Waals surface area contributed by atoms with Crippen LogP contribution in [0.15, 0.2) is 12.4 Å². The van der Waals surface area contributed by atoms with E-state index in [0.717, 1.165) is 5.56 Å². The van der Waals surface area contributed by atoms with E-state index in [1.807, 2.05) is 13.8 Å². The number of nitrogens with one attached hydrogen (secondary N) is 1. The molecule has 23 heavy (non-hydrogen) atoms. The van der Waals surface area contributed by atoms with Gasteiger partial charge in [-0.05, 0) is 25.8 Å². The van der Waals surface area contributed by atoms with Gasteiger partial charge in [0, 0.05) is 25.6 Å². The summed E-state index contributed by atoms with van der Waals surface area (Å²) in [7, 11) is 0. The molecule has 0 radical (unpaired) electrons. The molecule has 1 aliphatic heterocycles. The maximum atomic E-state index is 12.5. The molecule has 2 aromatic heterocycles. The molecule has 0 spiro atoms. The Morgan fingerprint density at radius 3 is 3.22 bits per heavy atom. The molecule has 0 bridgehead atoms. The summed E-state index contributed by atoms with van der Waals surface area (Å²) in [6.45, 7) is 5.45. The lowest BCUT2D eigenvalue weighted by Crippen LogP contribution is -2.50. The first kappa shape index (κ1) is 16.2. The number of carbonyl (C=O) groups is 1. The van der Waals surface area contributed by atoms with Crippen LogP contribution >= 0.6 is 11.6 Å². The van der Waals surface area contributed by atoms with Crippen LogP contribution in [0, 0.1) is 6.92 Å². The molecule has 124 valence electrons. The van der Waals surface area contributed by atoms with Gasteiger partial charge in [0.05, 0.1) is 12.6 Å². The van der Waals surface area contributed by atoms with Crippen molar-refractivity contribution in [1.29, 1.82) is 0 Å². The number of nitrogens with zero attached hydrogens (tertiary/aromatic N) is 3. The van der Waals surface area contributed by atoms with Crippen molar-refractivity contribution in [3.8, 4) is 0 Å². The molecule has 2 atom stereocenters. The highest BCUT2D eigenvalue weighted by Crippen LogP contribution is 2.21. The Morgan fingerprint density at radius 2 is 2.43 bits per heavy atom. The number of halogens is 1. The van der Waals surface area contributed by atoms with Gasteiger partial charge in [-0.25, -0.2) is 9.50 Å². The number of aromatic nitrogens is 3. The van der Waals surface area contributed by atoms with Crippen molar-refractivity contribution < 1.29 is 14.3 Å². The molecule has 7 nitrogen and oxygen atoms in total. The van der Waals surface area contributed by atoms with Crippen LogP contribution in [0.3, 0.4) is 0 Å². The Bertz CT molecular complexity index is 716. The molecule has 0 aromatic carbocycles. The normalized spacial score (nSPS) is 21.5. The highest BCUT2D eigenvalue weighted by atomic mass is 35.5. The van der Waals surface area contributed by atoms with Crippen molar-refractivity contribution >= 4 is 23.2 Å². The second kappa shape index (κ2) is 6.82. The molecule has 3 heterocycles. The van der Waals surface area contributed by atoms with Gasteiger partial charge in [0.25, 0.3) is 5.91 Å². The summed E-state index contributed by atoms with van der Waals surface area (Å²) in [5.74, 6) is -0.324. The zero-order valence-electron chi connectivity index (χ0n) is 13.1. The minimum atomic E-state index is -0.324. The summed E-state index contributed by atoms with van der Waals surface area (Å²) in [5.41, 5.74) is 1.58. The van der Waals surface area contributed by atoms with E-state index in [-0.39, 0.29) is 28.8 Å². The van der Waals surface area contributed by atoms with Crippen molar-refractivity contribution in [1.82, 2.24) is 19.9 Å². The molecule has 0 saturated carbocycles. The number of amides is 1. The molecule has 3 rings (SSSR count). The van der Waals surface area contributed by atoms with Crippen molar-refractivity contribution in [2.24, 2.45) is 0 Å². The van der Waals surface area contributed by atoms with Gasteiger partial charge in [-0.3, -0.25) is 4.79 Å². The maximum Gasteiger partial charge on any atom is 0.273 e. The Labute approximate surface area is 138 Å². The number of rotatable bonds is 4. The lowest BCUT2D eigenvalue weighted by atomic mass is 10.1. The second-order valence-electron chi connectivity index (χ2n) is 5.50. The second-order valence-corrected chi connectivity index (χ2v) is 5.88. The van der Waals surface area contributed by atoms with Gasteiger partial charge in [-0.2, -0.15) is 5.10 Å². The third-order valence-electron chi connectivity index (χ3n) is 3.76. The summed E-state index contributed by atoms with van der Waals surface area (Å²) < 4.78 is 12.6. The standard InChI is InChI=1S/C15H19ClN4O3/c1-3-23-11-8-22-5-4-10(11)18-15(21)13-12(16)14-17-6-9(2)7-20(14)19-13/h6-7,10-11H,3-5,8H2,1-2H3,(H,18,21)/t10-,11-/m1/s1. The van der Waals surface area contributed by atoms with Crippen LogP contribution in [0.25, 0.3) is 5.65 Å². The van der Waals surface area contributed by atoms with Gasteiger partial charge in [-0.15, -0.1) is 0 Å². The van der Waals surface area contributed by atoms with Crippen molar-refractivity contribution in [3.05, 3.63) is 28.7 Å². The minimum Gasteiger partial charge on any atom is -0.379 e. The molecular weight excluding hydrogens is 320 g/mol. The fraction of sp³-hybridized carbons (Fsp3) is 0.533. The molecule has 0 unspecified atom stereocenters. The minimum absolute atomic E-state index is 0.119. The van der Waals surface area contributed by atoms with E-state index < -0.39 is 0 Å². The zero-order chi connectivity index (χ0) is 16.4. The smallest absolute Gasteiger partial charge is 0.273 e. The van der Waals surface area contributed by atoms with Crippen LogP contribution in [0.4, 0.5) is 0 Å². The van der Waals surface area contributed by atoms with E-state index in [2.05, 4.69) is 15.4 Å². The first-order chi connectivity index (χ1) is 11.1. The summed E-state index contributed by atoms with van der Waals surface area (Å²) in [4.78, 5) is 16.8. The molecule has 1 aliphatic rings. The first-order valence-electron chi connectivity index (χ1n) is 7.61. The van der Waals surface area contributed by atoms with E-state index in [9.17, 15) is 4.79 Å². The van der Waals surface area contributed by atoms with Gasteiger partial charge in [0.15, 0.2) is 11.3 Å². The van der Waals surface area contributed by atoms with Crippen LogP contribution in [0.2, 0.25) is 5.02 Å². The van der Waals surface area contributed by atoms with Gasteiger partial charge in [-0.1, -0.05) is 11.6 Å². The molecule has 8 heteroatoms. The maximum absolute atomic E-state index is 12.5. The molecular formula is C15H19ClN4O3. The summed E-state index contributed by atoms with van der Waals surface area (Å²) in [5, 5.41) is 7.45. The predicted octanol–water partition coefficient (Wildman–Crippen LogP) is 1.61. The van der Waals surface area contributed by atoms with Gasteiger partial charge < -0.3 is 14.8 Å². The largest absolute Gasteiger partial charge is 0.379 e. The summed E-state index contributed by atoms with van der Waals surface area (Å²) >= 11 is 6.26. The number of carbonyl (C=O) groups excluding carboxylic acids is 1. The Hall–Kier alpha value is -1.70. The molecule has 2 aromatic rings. The van der Waals surface area contributed by atoms with E-state index in [4.69, 9.17) is 21.1 Å². The highest BCUT2D eigenvalue weighted by Gasteiger charge is 2.29. The topological polar surface area (TPSA) is 77.8 Å². The summed E-state index contributed by atoms with van der Waals surface area (Å²) in [6.07, 6.45) is 4.00. The van der Waals surface area contributed by atoms with Crippen LogP contribution in [-0.4, -0.2) is 52.5 Å². The third-order valence-corrected chi connectivity index (χ3v) is 4.11. The van der Waals surface area contributed by atoms with Crippen LogP contribution in [0.5, 0.6) is 0 Å². The van der Waals surface area contributed by atoms with Crippen molar-refractivity contribution in [3.63, 3.8) is 0 Å². The van der Waals surface area contributed by atoms with Gasteiger partial charge >= 0.3 is 0 Å². The SMILES string of the molecule is CCO[C@@H]1COCC[C@H]1NC(=O)c1nn2cc(C)cnc2c1Cl. The fourth-order valence-corrected chi connectivity index (χ4v) is 2.90. The average Bonchev–Trinajstić information content (AvgIpc) is 2.86. The number of fused-ring (bicyclic) bond motifs is 1. The third kappa shape index (κ3) is 3.31. The van der Waals surface area contributed by atoms with Crippen molar-refractivity contribution in [2.45, 2.75) is 32.4 Å². The van der Waals surface area contributed by atoms with Crippen LogP contribution in [0.1, 0.15) is 29.4 Å². The van der Waals surface area contributed by atoms with Crippen LogP contribution in [-0.2, 0) is 9.47 Å². The van der Waals surface area contributed by atoms with E-state index in [1.165, 1.54) is 4.52 Å². The van der Waals surface area contributed by atoms with Crippen LogP contribution < -0.4 is 5.32 Å². The lowest BCUT2D eigenvalue weighted by Gasteiger charge is -2.31. The highest BCUT2D eigenvalue weighted by molar-refractivity contribution is 6.36. The number of hydrogen-bond acceptors (Lipinski definition) is 5. The van der Waals surface area contributed by atoms with E-state index in [0.29, 0.717) is 31.9 Å². The number of aryl methyl sites for hydroxylation is 1. The monoisotopic (exact) mass is 338 g/mol. The molecule has 1 N–H and O–H groups in total.